The fourth-order valence-electron chi connectivity index (χ4n) is 1.75. The predicted molar refractivity (Wildman–Crippen MR) is 66.2 cm³/mol. The predicted octanol–water partition coefficient (Wildman–Crippen LogP) is -0.0582. The van der Waals surface area contributed by atoms with E-state index in [0.717, 1.165) is 0 Å². The largest absolute Gasteiger partial charge is 0.484 e. The Morgan fingerprint density at radius 1 is 1.47 bits per heavy atom. The van der Waals surface area contributed by atoms with Crippen molar-refractivity contribution in [3.05, 3.63) is 29.8 Å². The van der Waals surface area contributed by atoms with E-state index in [0.29, 0.717) is 24.3 Å². The second-order valence-electron chi connectivity index (χ2n) is 4.20. The molecule has 1 saturated heterocycles. The van der Waals surface area contributed by atoms with Gasteiger partial charge in [0.25, 0.3) is 5.91 Å². The van der Waals surface area contributed by atoms with E-state index in [2.05, 4.69) is 10.6 Å². The molecule has 1 aliphatic rings. The third kappa shape index (κ3) is 3.71. The number of hydrogen-bond acceptors (Lipinski definition) is 4. The molecule has 6 heteroatoms. The molecule has 1 fully saturated rings. The molecule has 1 aliphatic heterocycles. The quantitative estimate of drug-likeness (QED) is 0.792. The molecule has 0 aliphatic carbocycles. The van der Waals surface area contributed by atoms with E-state index in [1.807, 2.05) is 6.07 Å². The Morgan fingerprint density at radius 3 is 2.79 bits per heavy atom. The first-order valence-electron chi connectivity index (χ1n) is 5.86. The van der Waals surface area contributed by atoms with Gasteiger partial charge in [-0.15, -0.1) is 0 Å². The lowest BCUT2D eigenvalue weighted by atomic mass is 10.2. The number of benzene rings is 1. The SMILES string of the molecule is N#Cc1ccc(OCC(=O)NC2CNC(=O)C2)cc1. The van der Waals surface area contributed by atoms with Crippen molar-refractivity contribution in [3.8, 4) is 11.8 Å². The Kier molecular flexibility index (Phi) is 3.98. The van der Waals surface area contributed by atoms with Crippen LogP contribution in [0.4, 0.5) is 0 Å². The van der Waals surface area contributed by atoms with E-state index >= 15 is 0 Å². The number of carbonyl (C=O) groups is 2. The number of rotatable bonds is 4. The van der Waals surface area contributed by atoms with Crippen LogP contribution in [-0.2, 0) is 9.59 Å². The molecule has 6 nitrogen and oxygen atoms in total. The summed E-state index contributed by atoms with van der Waals surface area (Å²) in [6.45, 7) is 0.345. The van der Waals surface area contributed by atoms with Crippen LogP contribution in [0.2, 0.25) is 0 Å². The van der Waals surface area contributed by atoms with Crippen LogP contribution in [0.25, 0.3) is 0 Å². The number of nitrogens with one attached hydrogen (secondary N) is 2. The summed E-state index contributed by atoms with van der Waals surface area (Å²) in [7, 11) is 0. The van der Waals surface area contributed by atoms with Gasteiger partial charge in [-0.05, 0) is 24.3 Å². The summed E-state index contributed by atoms with van der Waals surface area (Å²) in [6.07, 6.45) is 0.308. The van der Waals surface area contributed by atoms with E-state index in [4.69, 9.17) is 10.00 Å². The van der Waals surface area contributed by atoms with Gasteiger partial charge in [-0.3, -0.25) is 9.59 Å². The van der Waals surface area contributed by atoms with Gasteiger partial charge >= 0.3 is 0 Å². The fourth-order valence-corrected chi connectivity index (χ4v) is 1.75. The number of carbonyl (C=O) groups excluding carboxylic acids is 2. The number of nitriles is 1. The average molecular weight is 259 g/mol. The number of amides is 2. The maximum atomic E-state index is 11.6. The molecule has 1 aromatic rings. The van der Waals surface area contributed by atoms with Gasteiger partial charge in [-0.25, -0.2) is 0 Å². The Labute approximate surface area is 110 Å². The first kappa shape index (κ1) is 12.9. The maximum absolute atomic E-state index is 11.6. The normalized spacial score (nSPS) is 17.4. The Bertz CT molecular complexity index is 519. The van der Waals surface area contributed by atoms with E-state index in [1.165, 1.54) is 0 Å². The van der Waals surface area contributed by atoms with Crippen LogP contribution in [-0.4, -0.2) is 31.0 Å². The average Bonchev–Trinajstić information content (AvgIpc) is 2.82. The molecule has 2 rings (SSSR count). The smallest absolute Gasteiger partial charge is 0.258 e. The topological polar surface area (TPSA) is 91.2 Å². The summed E-state index contributed by atoms with van der Waals surface area (Å²) in [5.74, 6) is 0.193. The highest BCUT2D eigenvalue weighted by molar-refractivity contribution is 5.82. The third-order valence-electron chi connectivity index (χ3n) is 2.70. The van der Waals surface area contributed by atoms with E-state index in [-0.39, 0.29) is 24.5 Å². The van der Waals surface area contributed by atoms with Gasteiger partial charge in [0.15, 0.2) is 6.61 Å². The van der Waals surface area contributed by atoms with Crippen LogP contribution in [0.15, 0.2) is 24.3 Å². The standard InChI is InChI=1S/C13H13N3O3/c14-6-9-1-3-11(4-2-9)19-8-13(18)16-10-5-12(17)15-7-10/h1-4,10H,5,7-8H2,(H,15,17)(H,16,18). The molecule has 0 radical (unpaired) electrons. The van der Waals surface area contributed by atoms with Crippen LogP contribution in [0, 0.1) is 11.3 Å². The first-order chi connectivity index (χ1) is 9.17. The zero-order valence-electron chi connectivity index (χ0n) is 10.2. The van der Waals surface area contributed by atoms with Gasteiger partial charge in [0.05, 0.1) is 17.7 Å². The second kappa shape index (κ2) is 5.87. The molecule has 1 unspecified atom stereocenters. The van der Waals surface area contributed by atoms with Crippen LogP contribution < -0.4 is 15.4 Å². The minimum absolute atomic E-state index is 0.0571. The molecule has 98 valence electrons. The van der Waals surface area contributed by atoms with Crippen molar-refractivity contribution in [1.29, 1.82) is 5.26 Å². The zero-order chi connectivity index (χ0) is 13.7. The molecule has 1 atom stereocenters. The molecule has 1 aromatic carbocycles. The molecular weight excluding hydrogens is 246 g/mol. The lowest BCUT2D eigenvalue weighted by Crippen LogP contribution is -2.39. The van der Waals surface area contributed by atoms with Crippen molar-refractivity contribution in [2.45, 2.75) is 12.5 Å². The van der Waals surface area contributed by atoms with Crippen molar-refractivity contribution in [1.82, 2.24) is 10.6 Å². The number of hydrogen-bond donors (Lipinski definition) is 2. The lowest BCUT2D eigenvalue weighted by Gasteiger charge is -2.11. The molecular formula is C13H13N3O3. The van der Waals surface area contributed by atoms with Crippen LogP contribution in [0.1, 0.15) is 12.0 Å². The van der Waals surface area contributed by atoms with Crippen molar-refractivity contribution in [2.75, 3.05) is 13.2 Å². The Morgan fingerprint density at radius 2 is 2.21 bits per heavy atom. The summed E-state index contributed by atoms with van der Waals surface area (Å²) in [6, 6.07) is 8.33. The zero-order valence-corrected chi connectivity index (χ0v) is 10.2. The van der Waals surface area contributed by atoms with Gasteiger partial charge in [0, 0.05) is 13.0 Å². The van der Waals surface area contributed by atoms with Crippen molar-refractivity contribution < 1.29 is 14.3 Å². The van der Waals surface area contributed by atoms with Crippen molar-refractivity contribution >= 4 is 11.8 Å². The lowest BCUT2D eigenvalue weighted by molar-refractivity contribution is -0.123. The molecule has 1 heterocycles. The highest BCUT2D eigenvalue weighted by Gasteiger charge is 2.22. The molecule has 0 aromatic heterocycles. The van der Waals surface area contributed by atoms with Crippen LogP contribution >= 0.6 is 0 Å². The van der Waals surface area contributed by atoms with Crippen molar-refractivity contribution in [3.63, 3.8) is 0 Å². The van der Waals surface area contributed by atoms with E-state index in [1.54, 1.807) is 24.3 Å². The molecule has 0 spiro atoms. The molecule has 0 saturated carbocycles. The minimum Gasteiger partial charge on any atom is -0.484 e. The van der Waals surface area contributed by atoms with Gasteiger partial charge in [-0.2, -0.15) is 5.26 Å². The van der Waals surface area contributed by atoms with Gasteiger partial charge in [-0.1, -0.05) is 0 Å². The molecule has 19 heavy (non-hydrogen) atoms. The van der Waals surface area contributed by atoms with Gasteiger partial charge < -0.3 is 15.4 Å². The summed E-state index contributed by atoms with van der Waals surface area (Å²) in [5.41, 5.74) is 0.535. The summed E-state index contributed by atoms with van der Waals surface area (Å²) in [5, 5.41) is 14.0. The summed E-state index contributed by atoms with van der Waals surface area (Å²) >= 11 is 0. The second-order valence-corrected chi connectivity index (χ2v) is 4.20. The highest BCUT2D eigenvalue weighted by Crippen LogP contribution is 2.11. The molecule has 2 N–H and O–H groups in total. The van der Waals surface area contributed by atoms with Crippen LogP contribution in [0.5, 0.6) is 5.75 Å². The number of ether oxygens (including phenoxy) is 1. The molecule has 2 amide bonds. The van der Waals surface area contributed by atoms with Crippen molar-refractivity contribution in [2.24, 2.45) is 0 Å². The highest BCUT2D eigenvalue weighted by atomic mass is 16.5. The van der Waals surface area contributed by atoms with Crippen LogP contribution in [0.3, 0.4) is 0 Å². The summed E-state index contributed by atoms with van der Waals surface area (Å²) in [4.78, 5) is 22.5. The first-order valence-corrected chi connectivity index (χ1v) is 5.86. The Hall–Kier alpha value is -2.55. The third-order valence-corrected chi connectivity index (χ3v) is 2.70. The fraction of sp³-hybridized carbons (Fsp3) is 0.308. The summed E-state index contributed by atoms with van der Waals surface area (Å²) < 4.78 is 5.28. The maximum Gasteiger partial charge on any atom is 0.258 e. The molecule has 0 bridgehead atoms. The monoisotopic (exact) mass is 259 g/mol. The van der Waals surface area contributed by atoms with Gasteiger partial charge in [0.2, 0.25) is 5.91 Å². The number of nitrogens with zero attached hydrogens (tertiary/aromatic N) is 1. The van der Waals surface area contributed by atoms with E-state index < -0.39 is 0 Å². The Balaban J connectivity index is 1.76. The van der Waals surface area contributed by atoms with Gasteiger partial charge in [0.1, 0.15) is 5.75 Å². The minimum atomic E-state index is -0.272. The van der Waals surface area contributed by atoms with E-state index in [9.17, 15) is 9.59 Å².